The highest BCUT2D eigenvalue weighted by Gasteiger charge is 2.25. The lowest BCUT2D eigenvalue weighted by Crippen LogP contribution is -3.12. The predicted molar refractivity (Wildman–Crippen MR) is 83.4 cm³/mol. The molecule has 1 aromatic rings. The van der Waals surface area contributed by atoms with Gasteiger partial charge in [-0.1, -0.05) is 12.8 Å². The fraction of sp³-hybridized carbons (Fsp3) is 0.588. The van der Waals surface area contributed by atoms with Gasteiger partial charge in [-0.3, -0.25) is 4.79 Å². The molecule has 1 saturated carbocycles. The van der Waals surface area contributed by atoms with Gasteiger partial charge >= 0.3 is 0 Å². The molecule has 0 radical (unpaired) electrons. The number of hydrogen-bond donors (Lipinski definition) is 2. The van der Waals surface area contributed by atoms with E-state index in [0.717, 1.165) is 25.1 Å². The van der Waals surface area contributed by atoms with E-state index >= 15 is 0 Å². The highest BCUT2D eigenvalue weighted by atomic mass is 16.5. The highest BCUT2D eigenvalue weighted by molar-refractivity contribution is 5.80. The number of methoxy groups -OCH3 is 1. The SMILES string of the molecule is COc1ccc(C[NH+](C)[C@@H](C)C(=O)NC2CCCC2)cc1. The summed E-state index contributed by atoms with van der Waals surface area (Å²) in [5.41, 5.74) is 1.22. The van der Waals surface area contributed by atoms with Crippen molar-refractivity contribution in [3.63, 3.8) is 0 Å². The molecule has 1 aliphatic rings. The Morgan fingerprint density at radius 1 is 1.33 bits per heavy atom. The molecule has 21 heavy (non-hydrogen) atoms. The lowest BCUT2D eigenvalue weighted by Gasteiger charge is -2.23. The zero-order valence-corrected chi connectivity index (χ0v) is 13.3. The van der Waals surface area contributed by atoms with Crippen molar-refractivity contribution < 1.29 is 14.4 Å². The Morgan fingerprint density at radius 2 is 1.95 bits per heavy atom. The van der Waals surface area contributed by atoms with Crippen molar-refractivity contribution in [1.29, 1.82) is 0 Å². The van der Waals surface area contributed by atoms with E-state index in [1.165, 1.54) is 23.3 Å². The molecule has 2 atom stereocenters. The van der Waals surface area contributed by atoms with Crippen LogP contribution in [0, 0.1) is 0 Å². The van der Waals surface area contributed by atoms with Crippen LogP contribution in [0.15, 0.2) is 24.3 Å². The van der Waals surface area contributed by atoms with Crippen LogP contribution in [0.2, 0.25) is 0 Å². The van der Waals surface area contributed by atoms with Crippen LogP contribution in [0.3, 0.4) is 0 Å². The Balaban J connectivity index is 1.85. The molecule has 0 aromatic heterocycles. The lowest BCUT2D eigenvalue weighted by atomic mass is 10.1. The molecule has 1 aromatic carbocycles. The first kappa shape index (κ1) is 15.8. The molecular weight excluding hydrogens is 264 g/mol. The zero-order chi connectivity index (χ0) is 15.2. The fourth-order valence-electron chi connectivity index (χ4n) is 2.84. The fourth-order valence-corrected chi connectivity index (χ4v) is 2.84. The van der Waals surface area contributed by atoms with Crippen molar-refractivity contribution in [2.75, 3.05) is 14.2 Å². The smallest absolute Gasteiger partial charge is 0.278 e. The molecule has 1 aliphatic carbocycles. The van der Waals surface area contributed by atoms with Crippen molar-refractivity contribution in [2.24, 2.45) is 0 Å². The number of rotatable bonds is 6. The monoisotopic (exact) mass is 291 g/mol. The average molecular weight is 291 g/mol. The molecule has 0 heterocycles. The molecule has 0 bridgehead atoms. The maximum atomic E-state index is 12.3. The van der Waals surface area contributed by atoms with Crippen LogP contribution in [0.4, 0.5) is 0 Å². The van der Waals surface area contributed by atoms with Crippen LogP contribution in [0.1, 0.15) is 38.2 Å². The van der Waals surface area contributed by atoms with Gasteiger partial charge in [0.2, 0.25) is 0 Å². The minimum atomic E-state index is -0.0345. The molecule has 4 nitrogen and oxygen atoms in total. The minimum Gasteiger partial charge on any atom is -0.497 e. The van der Waals surface area contributed by atoms with Gasteiger partial charge < -0.3 is 15.0 Å². The Kier molecular flexibility index (Phi) is 5.62. The van der Waals surface area contributed by atoms with Crippen molar-refractivity contribution >= 4 is 5.91 Å². The van der Waals surface area contributed by atoms with Crippen molar-refractivity contribution in [1.82, 2.24) is 5.32 Å². The van der Waals surface area contributed by atoms with E-state index in [1.807, 2.05) is 19.1 Å². The molecule has 1 amide bonds. The number of ether oxygens (including phenoxy) is 1. The van der Waals surface area contributed by atoms with E-state index in [-0.39, 0.29) is 11.9 Å². The first-order valence-corrected chi connectivity index (χ1v) is 7.85. The van der Waals surface area contributed by atoms with E-state index in [2.05, 4.69) is 24.5 Å². The maximum absolute atomic E-state index is 12.3. The molecule has 4 heteroatoms. The minimum absolute atomic E-state index is 0.0345. The quantitative estimate of drug-likeness (QED) is 0.826. The van der Waals surface area contributed by atoms with Crippen molar-refractivity contribution in [3.05, 3.63) is 29.8 Å². The standard InChI is InChI=1S/C17H26N2O2/c1-13(17(20)18-15-6-4-5-7-15)19(2)12-14-8-10-16(21-3)11-9-14/h8-11,13,15H,4-7,12H2,1-3H3,(H,18,20)/p+1/t13-/m0/s1. The summed E-state index contributed by atoms with van der Waals surface area (Å²) < 4.78 is 5.16. The largest absolute Gasteiger partial charge is 0.497 e. The Bertz CT molecular complexity index is 452. The summed E-state index contributed by atoms with van der Waals surface area (Å²) in [6.45, 7) is 2.84. The lowest BCUT2D eigenvalue weighted by molar-refractivity contribution is -0.908. The number of likely N-dealkylation sites (N-methyl/N-ethyl adjacent to an activating group) is 1. The van der Waals surface area contributed by atoms with Gasteiger partial charge in [-0.2, -0.15) is 0 Å². The normalized spacial score (nSPS) is 18.2. The van der Waals surface area contributed by atoms with Crippen molar-refractivity contribution in [2.45, 2.75) is 51.2 Å². The second-order valence-corrected chi connectivity index (χ2v) is 6.08. The predicted octanol–water partition coefficient (Wildman–Crippen LogP) is 1.16. The van der Waals surface area contributed by atoms with Crippen LogP contribution in [-0.2, 0) is 11.3 Å². The van der Waals surface area contributed by atoms with E-state index in [0.29, 0.717) is 6.04 Å². The molecule has 0 spiro atoms. The van der Waals surface area contributed by atoms with E-state index in [9.17, 15) is 4.79 Å². The van der Waals surface area contributed by atoms with Crippen molar-refractivity contribution in [3.8, 4) is 5.75 Å². The third-order valence-corrected chi connectivity index (χ3v) is 4.48. The van der Waals surface area contributed by atoms with Gasteiger partial charge in [-0.05, 0) is 44.0 Å². The summed E-state index contributed by atoms with van der Waals surface area (Å²) in [6, 6.07) is 8.41. The molecular formula is C17H27N2O2+. The Labute approximate surface area is 127 Å². The molecule has 0 aliphatic heterocycles. The van der Waals surface area contributed by atoms with Crippen LogP contribution in [-0.4, -0.2) is 32.1 Å². The second kappa shape index (κ2) is 7.46. The van der Waals surface area contributed by atoms with Gasteiger partial charge in [-0.15, -0.1) is 0 Å². The van der Waals surface area contributed by atoms with E-state index < -0.39 is 0 Å². The van der Waals surface area contributed by atoms with Crippen LogP contribution >= 0.6 is 0 Å². The summed E-state index contributed by atoms with van der Waals surface area (Å²) in [7, 11) is 3.74. The number of quaternary nitrogens is 1. The number of amides is 1. The van der Waals surface area contributed by atoms with Gasteiger partial charge in [0.1, 0.15) is 12.3 Å². The summed E-state index contributed by atoms with van der Waals surface area (Å²) in [5, 5.41) is 3.18. The molecule has 0 saturated heterocycles. The molecule has 2 N–H and O–H groups in total. The van der Waals surface area contributed by atoms with Crippen LogP contribution in [0.5, 0.6) is 5.75 Å². The van der Waals surface area contributed by atoms with Gasteiger partial charge in [0.25, 0.3) is 5.91 Å². The summed E-state index contributed by atoms with van der Waals surface area (Å²) in [5.74, 6) is 1.04. The third kappa shape index (κ3) is 4.46. The number of carbonyl (C=O) groups excluding carboxylic acids is 1. The van der Waals surface area contributed by atoms with Crippen LogP contribution < -0.4 is 15.0 Å². The molecule has 1 fully saturated rings. The van der Waals surface area contributed by atoms with Gasteiger partial charge in [0.15, 0.2) is 6.04 Å². The maximum Gasteiger partial charge on any atom is 0.278 e. The number of carbonyl (C=O) groups is 1. The number of benzene rings is 1. The van der Waals surface area contributed by atoms with E-state index in [1.54, 1.807) is 7.11 Å². The number of hydrogen-bond acceptors (Lipinski definition) is 2. The summed E-state index contributed by atoms with van der Waals surface area (Å²) >= 11 is 0. The van der Waals surface area contributed by atoms with Gasteiger partial charge in [-0.25, -0.2) is 0 Å². The topological polar surface area (TPSA) is 42.8 Å². The molecule has 1 unspecified atom stereocenters. The third-order valence-electron chi connectivity index (χ3n) is 4.48. The highest BCUT2D eigenvalue weighted by Crippen LogP contribution is 2.17. The van der Waals surface area contributed by atoms with Crippen LogP contribution in [0.25, 0.3) is 0 Å². The number of nitrogens with one attached hydrogen (secondary N) is 2. The van der Waals surface area contributed by atoms with Gasteiger partial charge in [0.05, 0.1) is 14.2 Å². The van der Waals surface area contributed by atoms with Gasteiger partial charge in [0, 0.05) is 11.6 Å². The summed E-state index contributed by atoms with van der Waals surface area (Å²) in [6.07, 6.45) is 4.76. The summed E-state index contributed by atoms with van der Waals surface area (Å²) in [4.78, 5) is 13.5. The van der Waals surface area contributed by atoms with E-state index in [4.69, 9.17) is 4.74 Å². The average Bonchev–Trinajstić information content (AvgIpc) is 3.00. The first-order valence-electron chi connectivity index (χ1n) is 7.85. The zero-order valence-electron chi connectivity index (χ0n) is 13.3. The Morgan fingerprint density at radius 3 is 2.52 bits per heavy atom. The second-order valence-electron chi connectivity index (χ2n) is 6.08. The molecule has 2 rings (SSSR count). The molecule has 116 valence electrons. The first-order chi connectivity index (χ1) is 10.1. The Hall–Kier alpha value is -1.55.